The van der Waals surface area contributed by atoms with Gasteiger partial charge in [-0.05, 0) is 65.4 Å². The maximum absolute atomic E-state index is 12.7. The number of fused-ring (bicyclic) bond motifs is 1. The van der Waals surface area contributed by atoms with E-state index < -0.39 is 0 Å². The van der Waals surface area contributed by atoms with Gasteiger partial charge in [0.1, 0.15) is 5.82 Å². The average molecular weight is 514 g/mol. The lowest BCUT2D eigenvalue weighted by Gasteiger charge is -2.07. The van der Waals surface area contributed by atoms with E-state index in [9.17, 15) is 9.90 Å². The Bertz CT molecular complexity index is 1060. The molecule has 6 nitrogen and oxygen atoms in total. The van der Waals surface area contributed by atoms with E-state index in [1.807, 2.05) is 28.7 Å². The average Bonchev–Trinajstić information content (AvgIpc) is 2.58. The molecule has 128 valence electrons. The van der Waals surface area contributed by atoms with Crippen LogP contribution in [0.25, 0.3) is 10.9 Å². The molecule has 0 spiro atoms. The zero-order valence-electron chi connectivity index (χ0n) is 13.3. The number of benzene rings is 2. The van der Waals surface area contributed by atoms with Gasteiger partial charge < -0.3 is 9.84 Å². The van der Waals surface area contributed by atoms with E-state index in [4.69, 9.17) is 4.74 Å². The molecule has 0 saturated carbocycles. The summed E-state index contributed by atoms with van der Waals surface area (Å²) < 4.78 is 7.81. The Kier molecular flexibility index (Phi) is 5.09. The van der Waals surface area contributed by atoms with Crippen LogP contribution < -0.4 is 10.3 Å². The highest BCUT2D eigenvalue weighted by Crippen LogP contribution is 2.31. The Morgan fingerprint density at radius 3 is 2.84 bits per heavy atom. The molecule has 0 amide bonds. The van der Waals surface area contributed by atoms with Crippen molar-refractivity contribution in [3.05, 3.63) is 60.1 Å². The first-order valence-corrected chi connectivity index (χ1v) is 9.07. The topological polar surface area (TPSA) is 76.7 Å². The molecule has 0 aliphatic rings. The largest absolute Gasteiger partial charge is 0.504 e. The number of halogens is 2. The highest BCUT2D eigenvalue weighted by atomic mass is 127. The van der Waals surface area contributed by atoms with Gasteiger partial charge >= 0.3 is 0 Å². The first kappa shape index (κ1) is 17.9. The minimum Gasteiger partial charge on any atom is -0.504 e. The molecule has 1 aromatic heterocycles. The number of phenols is 1. The van der Waals surface area contributed by atoms with Crippen LogP contribution in [0.15, 0.2) is 44.7 Å². The fourth-order valence-corrected chi connectivity index (χ4v) is 3.33. The third-order valence-corrected chi connectivity index (χ3v) is 4.88. The van der Waals surface area contributed by atoms with Gasteiger partial charge in [-0.1, -0.05) is 15.9 Å². The molecule has 0 aliphatic carbocycles. The summed E-state index contributed by atoms with van der Waals surface area (Å²) in [6.07, 6.45) is 1.53. The predicted octanol–water partition coefficient (Wildman–Crippen LogP) is 3.67. The zero-order valence-corrected chi connectivity index (χ0v) is 17.1. The fraction of sp³-hybridized carbons (Fsp3) is 0.118. The Morgan fingerprint density at radius 1 is 1.36 bits per heavy atom. The number of aromatic hydroxyl groups is 1. The SMILES string of the molecule is COc1cc(C=Nn2c(C)nc3ccc(Br)cc3c2=O)cc(I)c1O. The molecule has 1 N–H and O–H groups in total. The summed E-state index contributed by atoms with van der Waals surface area (Å²) in [5.74, 6) is 0.903. The van der Waals surface area contributed by atoms with Crippen molar-refractivity contribution in [1.82, 2.24) is 9.66 Å². The third-order valence-electron chi connectivity index (χ3n) is 3.56. The first-order valence-electron chi connectivity index (χ1n) is 7.20. The van der Waals surface area contributed by atoms with Crippen LogP contribution in [0.5, 0.6) is 11.5 Å². The van der Waals surface area contributed by atoms with E-state index in [2.05, 4.69) is 26.0 Å². The fourth-order valence-electron chi connectivity index (χ4n) is 2.34. The molecule has 3 aromatic rings. The van der Waals surface area contributed by atoms with Crippen LogP contribution in [0.1, 0.15) is 11.4 Å². The van der Waals surface area contributed by atoms with Crippen LogP contribution in [0.3, 0.4) is 0 Å². The summed E-state index contributed by atoms with van der Waals surface area (Å²) in [5, 5.41) is 14.6. The summed E-state index contributed by atoms with van der Waals surface area (Å²) >= 11 is 5.37. The lowest BCUT2D eigenvalue weighted by atomic mass is 10.2. The number of hydrogen-bond donors (Lipinski definition) is 1. The van der Waals surface area contributed by atoms with E-state index in [1.54, 1.807) is 31.2 Å². The summed E-state index contributed by atoms with van der Waals surface area (Å²) in [5.41, 5.74) is 1.07. The molecular formula is C17H13BrIN3O3. The van der Waals surface area contributed by atoms with Crippen molar-refractivity contribution in [3.8, 4) is 11.5 Å². The second kappa shape index (κ2) is 7.12. The van der Waals surface area contributed by atoms with Gasteiger partial charge in [0.25, 0.3) is 5.56 Å². The van der Waals surface area contributed by atoms with Gasteiger partial charge in [0.2, 0.25) is 0 Å². The standard InChI is InChI=1S/C17H13BrIN3O3/c1-9-21-14-4-3-11(18)7-12(14)17(24)22(9)20-8-10-5-13(19)16(23)15(6-10)25-2/h3-8,23H,1-2H3. The minimum atomic E-state index is -0.250. The molecule has 2 aromatic carbocycles. The van der Waals surface area contributed by atoms with Gasteiger partial charge in [-0.15, -0.1) is 0 Å². The normalized spacial score (nSPS) is 11.4. The molecule has 0 radical (unpaired) electrons. The van der Waals surface area contributed by atoms with Gasteiger partial charge in [0, 0.05) is 4.47 Å². The van der Waals surface area contributed by atoms with Crippen LogP contribution >= 0.6 is 38.5 Å². The maximum atomic E-state index is 12.7. The van der Waals surface area contributed by atoms with Gasteiger partial charge in [-0.25, -0.2) is 4.98 Å². The summed E-state index contributed by atoms with van der Waals surface area (Å²) in [6.45, 7) is 1.72. The van der Waals surface area contributed by atoms with Crippen molar-refractivity contribution in [2.45, 2.75) is 6.92 Å². The first-order chi connectivity index (χ1) is 11.9. The number of hydrogen-bond acceptors (Lipinski definition) is 5. The van der Waals surface area contributed by atoms with Crippen LogP contribution in [0, 0.1) is 10.5 Å². The van der Waals surface area contributed by atoms with Gasteiger partial charge in [-0.2, -0.15) is 9.78 Å². The van der Waals surface area contributed by atoms with E-state index in [0.29, 0.717) is 31.6 Å². The lowest BCUT2D eigenvalue weighted by molar-refractivity contribution is 0.371. The van der Waals surface area contributed by atoms with Crippen LogP contribution in [0.4, 0.5) is 0 Å². The zero-order chi connectivity index (χ0) is 18.1. The highest BCUT2D eigenvalue weighted by Gasteiger charge is 2.09. The van der Waals surface area contributed by atoms with E-state index in [0.717, 1.165) is 4.47 Å². The molecule has 8 heteroatoms. The smallest absolute Gasteiger partial charge is 0.282 e. The van der Waals surface area contributed by atoms with E-state index in [1.165, 1.54) is 18.0 Å². The second-order valence-electron chi connectivity index (χ2n) is 5.24. The van der Waals surface area contributed by atoms with Crippen molar-refractivity contribution in [1.29, 1.82) is 0 Å². The number of methoxy groups -OCH3 is 1. The Balaban J connectivity index is 2.10. The molecule has 0 saturated heterocycles. The summed E-state index contributed by atoms with van der Waals surface area (Å²) in [6, 6.07) is 8.74. The number of ether oxygens (including phenoxy) is 1. The number of rotatable bonds is 3. The number of aromatic nitrogens is 2. The molecule has 0 atom stereocenters. The second-order valence-corrected chi connectivity index (χ2v) is 7.31. The molecule has 3 rings (SSSR count). The van der Waals surface area contributed by atoms with Crippen molar-refractivity contribution in [2.75, 3.05) is 7.11 Å². The van der Waals surface area contributed by atoms with Crippen molar-refractivity contribution >= 4 is 55.6 Å². The Labute approximate surface area is 165 Å². The predicted molar refractivity (Wildman–Crippen MR) is 109 cm³/mol. The van der Waals surface area contributed by atoms with Gasteiger partial charge in [0.05, 0.1) is 27.8 Å². The molecule has 0 bridgehead atoms. The minimum absolute atomic E-state index is 0.0748. The monoisotopic (exact) mass is 513 g/mol. The van der Waals surface area contributed by atoms with E-state index >= 15 is 0 Å². The Hall–Kier alpha value is -1.94. The molecule has 25 heavy (non-hydrogen) atoms. The summed E-state index contributed by atoms with van der Waals surface area (Å²) in [4.78, 5) is 17.1. The molecule has 0 aliphatic heterocycles. The molecule has 0 unspecified atom stereocenters. The van der Waals surface area contributed by atoms with Crippen molar-refractivity contribution in [3.63, 3.8) is 0 Å². The lowest BCUT2D eigenvalue weighted by Crippen LogP contribution is -2.20. The highest BCUT2D eigenvalue weighted by molar-refractivity contribution is 14.1. The van der Waals surface area contributed by atoms with Crippen LogP contribution in [0.2, 0.25) is 0 Å². The van der Waals surface area contributed by atoms with Gasteiger partial charge in [-0.3, -0.25) is 4.79 Å². The van der Waals surface area contributed by atoms with E-state index in [-0.39, 0.29) is 11.3 Å². The number of nitrogens with zero attached hydrogens (tertiary/aromatic N) is 3. The third kappa shape index (κ3) is 3.54. The summed E-state index contributed by atoms with van der Waals surface area (Å²) in [7, 11) is 1.48. The van der Waals surface area contributed by atoms with Crippen LogP contribution in [-0.2, 0) is 0 Å². The van der Waals surface area contributed by atoms with Crippen molar-refractivity contribution in [2.24, 2.45) is 5.10 Å². The molecule has 1 heterocycles. The molecule has 0 fully saturated rings. The quantitative estimate of drug-likeness (QED) is 0.428. The molecular weight excluding hydrogens is 501 g/mol. The van der Waals surface area contributed by atoms with Gasteiger partial charge in [0.15, 0.2) is 11.5 Å². The maximum Gasteiger partial charge on any atom is 0.282 e. The number of phenolic OH excluding ortho intramolecular Hbond substituents is 1. The van der Waals surface area contributed by atoms with Crippen molar-refractivity contribution < 1.29 is 9.84 Å². The number of aryl methyl sites for hydroxylation is 1. The Morgan fingerprint density at radius 2 is 2.12 bits per heavy atom. The van der Waals surface area contributed by atoms with Crippen LogP contribution in [-0.4, -0.2) is 28.1 Å².